The average molecular weight is 345 g/mol. The molecule has 8 heteroatoms. The summed E-state index contributed by atoms with van der Waals surface area (Å²) in [4.78, 5) is 1.89. The molecule has 0 aromatic heterocycles. The molecule has 0 unspecified atom stereocenters. The molecule has 2 nitrogen and oxygen atoms in total. The van der Waals surface area contributed by atoms with Crippen molar-refractivity contribution in [2.75, 3.05) is 26.2 Å². The van der Waals surface area contributed by atoms with Gasteiger partial charge in [-0.15, -0.1) is 12.4 Å². The molecule has 1 N–H and O–H groups in total. The van der Waals surface area contributed by atoms with E-state index in [4.69, 9.17) is 0 Å². The van der Waals surface area contributed by atoms with E-state index < -0.39 is 24.2 Å². The first-order valence-electron chi connectivity index (χ1n) is 6.78. The number of rotatable bonds is 4. The molecule has 2 rings (SSSR count). The molecule has 1 aromatic carbocycles. The van der Waals surface area contributed by atoms with Crippen LogP contribution in [0.25, 0.3) is 0 Å². The predicted octanol–water partition coefficient (Wildman–Crippen LogP) is 3.73. The Morgan fingerprint density at radius 3 is 2.05 bits per heavy atom. The Morgan fingerprint density at radius 1 is 1.05 bits per heavy atom. The Labute approximate surface area is 132 Å². The van der Waals surface area contributed by atoms with Gasteiger partial charge >= 0.3 is 6.18 Å². The lowest BCUT2D eigenvalue weighted by Crippen LogP contribution is -2.45. The molecule has 126 valence electrons. The fraction of sp³-hybridized carbons (Fsp3) is 0.571. The minimum Gasteiger partial charge on any atom is -0.314 e. The minimum absolute atomic E-state index is 0. The molecule has 22 heavy (non-hydrogen) atoms. The monoisotopic (exact) mass is 344 g/mol. The minimum atomic E-state index is -4.41. The zero-order chi connectivity index (χ0) is 15.5. The summed E-state index contributed by atoms with van der Waals surface area (Å²) in [5, 5.41) is 3.13. The molecule has 1 aliphatic heterocycles. The van der Waals surface area contributed by atoms with Gasteiger partial charge in [-0.1, -0.05) is 12.1 Å². The number of halogens is 6. The van der Waals surface area contributed by atoms with Crippen LogP contribution < -0.4 is 5.32 Å². The highest BCUT2D eigenvalue weighted by atomic mass is 35.5. The van der Waals surface area contributed by atoms with Crippen LogP contribution >= 0.6 is 12.4 Å². The smallest absolute Gasteiger partial charge is 0.314 e. The Bertz CT molecular complexity index is 444. The first-order chi connectivity index (χ1) is 9.88. The van der Waals surface area contributed by atoms with E-state index in [-0.39, 0.29) is 18.8 Å². The normalized spacial score (nSPS) is 18.1. The molecule has 1 aliphatic rings. The Hall–Kier alpha value is -0.920. The fourth-order valence-corrected chi connectivity index (χ4v) is 2.55. The predicted molar refractivity (Wildman–Crippen MR) is 76.5 cm³/mol. The van der Waals surface area contributed by atoms with E-state index in [2.05, 4.69) is 5.32 Å². The molecule has 1 heterocycles. The number of hydrogen-bond donors (Lipinski definition) is 1. The van der Waals surface area contributed by atoms with Gasteiger partial charge in [0.2, 0.25) is 6.43 Å². The molecule has 0 spiro atoms. The van der Waals surface area contributed by atoms with E-state index in [1.165, 1.54) is 12.1 Å². The molecular formula is C14H18ClF5N2. The fourth-order valence-electron chi connectivity index (χ4n) is 2.55. The van der Waals surface area contributed by atoms with Gasteiger partial charge in [0.25, 0.3) is 0 Å². The quantitative estimate of drug-likeness (QED) is 0.837. The molecule has 0 bridgehead atoms. The maximum atomic E-state index is 12.8. The Kier molecular flexibility index (Phi) is 7.02. The molecule has 0 aliphatic carbocycles. The maximum Gasteiger partial charge on any atom is 0.416 e. The van der Waals surface area contributed by atoms with Crippen LogP contribution in [0.2, 0.25) is 0 Å². The molecule has 1 fully saturated rings. The second-order valence-corrected chi connectivity index (χ2v) is 5.05. The number of nitrogens with zero attached hydrogens (tertiary/aromatic N) is 1. The third-order valence-corrected chi connectivity index (χ3v) is 3.62. The van der Waals surface area contributed by atoms with E-state index in [1.807, 2.05) is 4.90 Å². The molecule has 0 radical (unpaired) electrons. The third-order valence-electron chi connectivity index (χ3n) is 3.62. The highest BCUT2D eigenvalue weighted by Gasteiger charge is 2.31. The average Bonchev–Trinajstić information content (AvgIpc) is 2.45. The van der Waals surface area contributed by atoms with Gasteiger partial charge in [0.05, 0.1) is 5.56 Å². The van der Waals surface area contributed by atoms with Crippen LogP contribution in [0.4, 0.5) is 22.0 Å². The first-order valence-corrected chi connectivity index (χ1v) is 6.78. The van der Waals surface area contributed by atoms with Crippen molar-refractivity contribution in [3.63, 3.8) is 0 Å². The summed E-state index contributed by atoms with van der Waals surface area (Å²) in [6.45, 7) is 2.61. The number of benzene rings is 1. The summed E-state index contributed by atoms with van der Waals surface area (Å²) >= 11 is 0. The van der Waals surface area contributed by atoms with E-state index >= 15 is 0 Å². The summed E-state index contributed by atoms with van der Waals surface area (Å²) < 4.78 is 63.2. The standard InChI is InChI=1S/C14H17F5N2.ClH/c15-13(16)9-12(21-7-5-20-6-8-21)10-1-3-11(4-2-10)14(17,18)19;/h1-4,12-13,20H,5-9H2;1H/t12-;/m1./s1. The van der Waals surface area contributed by atoms with Crippen LogP contribution in [-0.2, 0) is 6.18 Å². The van der Waals surface area contributed by atoms with Gasteiger partial charge in [0, 0.05) is 38.6 Å². The van der Waals surface area contributed by atoms with Crippen LogP contribution in [0.15, 0.2) is 24.3 Å². The van der Waals surface area contributed by atoms with Crippen LogP contribution in [0.5, 0.6) is 0 Å². The van der Waals surface area contributed by atoms with Gasteiger partial charge in [-0.2, -0.15) is 13.2 Å². The summed E-state index contributed by atoms with van der Waals surface area (Å²) in [6, 6.07) is 3.97. The van der Waals surface area contributed by atoms with Crippen LogP contribution in [0.3, 0.4) is 0 Å². The zero-order valence-corrected chi connectivity index (χ0v) is 12.6. The first kappa shape index (κ1) is 19.1. The second-order valence-electron chi connectivity index (χ2n) is 5.05. The number of alkyl halides is 5. The van der Waals surface area contributed by atoms with Crippen molar-refractivity contribution in [1.29, 1.82) is 0 Å². The molecule has 1 atom stereocenters. The third kappa shape index (κ3) is 5.07. The summed E-state index contributed by atoms with van der Waals surface area (Å²) in [7, 11) is 0. The molecular weight excluding hydrogens is 327 g/mol. The zero-order valence-electron chi connectivity index (χ0n) is 11.7. The van der Waals surface area contributed by atoms with Gasteiger partial charge in [-0.25, -0.2) is 8.78 Å². The van der Waals surface area contributed by atoms with E-state index in [0.717, 1.165) is 12.1 Å². The second kappa shape index (κ2) is 8.08. The summed E-state index contributed by atoms with van der Waals surface area (Å²) in [5.41, 5.74) is -0.257. The van der Waals surface area contributed by atoms with Gasteiger partial charge in [-0.05, 0) is 17.7 Å². The van der Waals surface area contributed by atoms with Crippen molar-refractivity contribution >= 4 is 12.4 Å². The summed E-state index contributed by atoms with van der Waals surface area (Å²) in [5.74, 6) is 0. The van der Waals surface area contributed by atoms with Crippen molar-refractivity contribution in [3.8, 4) is 0 Å². The largest absolute Gasteiger partial charge is 0.416 e. The van der Waals surface area contributed by atoms with E-state index in [1.54, 1.807) is 0 Å². The van der Waals surface area contributed by atoms with Crippen LogP contribution in [0.1, 0.15) is 23.6 Å². The molecule has 1 saturated heterocycles. The Morgan fingerprint density at radius 2 is 1.59 bits per heavy atom. The summed E-state index contributed by atoms with van der Waals surface area (Å²) in [6.07, 6.45) is -7.27. The van der Waals surface area contributed by atoms with Crippen LogP contribution in [0, 0.1) is 0 Å². The van der Waals surface area contributed by atoms with Gasteiger partial charge in [0.15, 0.2) is 0 Å². The van der Waals surface area contributed by atoms with Crippen molar-refractivity contribution in [2.24, 2.45) is 0 Å². The van der Waals surface area contributed by atoms with Crippen LogP contribution in [-0.4, -0.2) is 37.5 Å². The number of hydrogen-bond acceptors (Lipinski definition) is 2. The van der Waals surface area contributed by atoms with Gasteiger partial charge in [0.1, 0.15) is 0 Å². The lowest BCUT2D eigenvalue weighted by Gasteiger charge is -2.35. The SMILES string of the molecule is Cl.FC(F)C[C@H](c1ccc(C(F)(F)F)cc1)N1CCNCC1. The van der Waals surface area contributed by atoms with Crippen molar-refractivity contribution < 1.29 is 22.0 Å². The lowest BCUT2D eigenvalue weighted by atomic mass is 10.00. The van der Waals surface area contributed by atoms with Crippen molar-refractivity contribution in [2.45, 2.75) is 25.1 Å². The molecule has 0 amide bonds. The van der Waals surface area contributed by atoms with Gasteiger partial charge < -0.3 is 5.32 Å². The maximum absolute atomic E-state index is 12.8. The topological polar surface area (TPSA) is 15.3 Å². The highest BCUT2D eigenvalue weighted by molar-refractivity contribution is 5.85. The molecule has 1 aromatic rings. The lowest BCUT2D eigenvalue weighted by molar-refractivity contribution is -0.137. The van der Waals surface area contributed by atoms with E-state index in [9.17, 15) is 22.0 Å². The van der Waals surface area contributed by atoms with E-state index in [0.29, 0.717) is 31.7 Å². The number of nitrogens with one attached hydrogen (secondary N) is 1. The molecule has 0 saturated carbocycles. The van der Waals surface area contributed by atoms with Gasteiger partial charge in [-0.3, -0.25) is 4.90 Å². The number of piperazine rings is 1. The highest BCUT2D eigenvalue weighted by Crippen LogP contribution is 2.32. The Balaban J connectivity index is 0.00000242. The van der Waals surface area contributed by atoms with Crippen molar-refractivity contribution in [3.05, 3.63) is 35.4 Å². The van der Waals surface area contributed by atoms with Crippen molar-refractivity contribution in [1.82, 2.24) is 10.2 Å².